The van der Waals surface area contributed by atoms with Crippen LogP contribution in [0.1, 0.15) is 45.4 Å². The van der Waals surface area contributed by atoms with Crippen LogP contribution in [0.5, 0.6) is 0 Å². The lowest BCUT2D eigenvalue weighted by Crippen LogP contribution is -2.26. The Bertz CT molecular complexity index is 831. The summed E-state index contributed by atoms with van der Waals surface area (Å²) in [7, 11) is 0. The number of furan rings is 1. The van der Waals surface area contributed by atoms with Crippen molar-refractivity contribution in [1.82, 2.24) is 10.3 Å². The number of thiophene rings is 1. The molecule has 3 heterocycles. The molecule has 6 heteroatoms. The SMILES string of the molecule is Cc1cc(C(C)NC(=O)c2sc(-c3cccs3)nc2C)c(C)o1. The molecule has 0 fully saturated rings. The van der Waals surface area contributed by atoms with Crippen molar-refractivity contribution in [3.63, 3.8) is 0 Å². The van der Waals surface area contributed by atoms with Gasteiger partial charge in [0.25, 0.3) is 5.91 Å². The van der Waals surface area contributed by atoms with E-state index in [1.165, 1.54) is 11.3 Å². The standard InChI is InChI=1S/C17H18N2O2S2/c1-9-8-13(12(4)21-9)10(2)18-16(20)15-11(3)19-17(23-15)14-6-5-7-22-14/h5-8,10H,1-4H3,(H,18,20). The van der Waals surface area contributed by atoms with Gasteiger partial charge in [0.1, 0.15) is 21.4 Å². The molecule has 1 unspecified atom stereocenters. The molecule has 0 saturated carbocycles. The second-order valence-electron chi connectivity index (χ2n) is 5.47. The first-order valence-electron chi connectivity index (χ1n) is 7.35. The van der Waals surface area contributed by atoms with Crippen LogP contribution in [0.4, 0.5) is 0 Å². The quantitative estimate of drug-likeness (QED) is 0.732. The minimum absolute atomic E-state index is 0.0893. The molecule has 23 heavy (non-hydrogen) atoms. The molecule has 3 aromatic heterocycles. The number of aromatic nitrogens is 1. The van der Waals surface area contributed by atoms with Crippen molar-refractivity contribution in [2.45, 2.75) is 33.7 Å². The lowest BCUT2D eigenvalue weighted by molar-refractivity contribution is 0.0943. The van der Waals surface area contributed by atoms with Crippen LogP contribution in [0.2, 0.25) is 0 Å². The Labute approximate surface area is 143 Å². The van der Waals surface area contributed by atoms with E-state index in [2.05, 4.69) is 10.3 Å². The number of rotatable bonds is 4. The molecule has 0 aromatic carbocycles. The van der Waals surface area contributed by atoms with Gasteiger partial charge >= 0.3 is 0 Å². The maximum Gasteiger partial charge on any atom is 0.263 e. The molecule has 0 bridgehead atoms. The number of hydrogen-bond acceptors (Lipinski definition) is 5. The summed E-state index contributed by atoms with van der Waals surface area (Å²) in [5, 5.41) is 5.95. The first-order chi connectivity index (χ1) is 11.0. The van der Waals surface area contributed by atoms with E-state index >= 15 is 0 Å². The van der Waals surface area contributed by atoms with Crippen molar-refractivity contribution >= 4 is 28.6 Å². The van der Waals surface area contributed by atoms with Crippen LogP contribution in [0.3, 0.4) is 0 Å². The number of thiazole rings is 1. The van der Waals surface area contributed by atoms with Gasteiger partial charge in [-0.3, -0.25) is 4.79 Å². The maximum absolute atomic E-state index is 12.6. The minimum atomic E-state index is -0.105. The van der Waals surface area contributed by atoms with Crippen LogP contribution in [-0.4, -0.2) is 10.9 Å². The highest BCUT2D eigenvalue weighted by Crippen LogP contribution is 2.31. The highest BCUT2D eigenvalue weighted by molar-refractivity contribution is 7.22. The molecule has 3 rings (SSSR count). The average Bonchev–Trinajstić information content (AvgIpc) is 3.18. The molecule has 3 aromatic rings. The van der Waals surface area contributed by atoms with Gasteiger partial charge in [0.15, 0.2) is 0 Å². The van der Waals surface area contributed by atoms with Crippen LogP contribution >= 0.6 is 22.7 Å². The zero-order chi connectivity index (χ0) is 16.6. The largest absolute Gasteiger partial charge is 0.466 e. The number of carbonyl (C=O) groups excluding carboxylic acids is 1. The van der Waals surface area contributed by atoms with Gasteiger partial charge in [-0.2, -0.15) is 0 Å². The summed E-state index contributed by atoms with van der Waals surface area (Å²) in [6.07, 6.45) is 0. The fourth-order valence-corrected chi connectivity index (χ4v) is 4.30. The van der Waals surface area contributed by atoms with Gasteiger partial charge in [0.05, 0.1) is 16.6 Å². The summed E-state index contributed by atoms with van der Waals surface area (Å²) in [4.78, 5) is 18.9. The second-order valence-corrected chi connectivity index (χ2v) is 7.42. The van der Waals surface area contributed by atoms with Crippen molar-refractivity contribution in [2.24, 2.45) is 0 Å². The molecular formula is C17H18N2O2S2. The van der Waals surface area contributed by atoms with Crippen molar-refractivity contribution in [1.29, 1.82) is 0 Å². The summed E-state index contributed by atoms with van der Waals surface area (Å²) in [5.41, 5.74) is 1.78. The van der Waals surface area contributed by atoms with Gasteiger partial charge in [-0.15, -0.1) is 22.7 Å². The van der Waals surface area contributed by atoms with Gasteiger partial charge in [0.2, 0.25) is 0 Å². The minimum Gasteiger partial charge on any atom is -0.466 e. The van der Waals surface area contributed by atoms with E-state index in [9.17, 15) is 4.79 Å². The highest BCUT2D eigenvalue weighted by Gasteiger charge is 2.20. The number of carbonyl (C=O) groups is 1. The Morgan fingerprint density at radius 1 is 1.35 bits per heavy atom. The Morgan fingerprint density at radius 2 is 2.13 bits per heavy atom. The number of nitrogens with one attached hydrogen (secondary N) is 1. The molecule has 4 nitrogen and oxygen atoms in total. The third-order valence-corrected chi connectivity index (χ3v) is 5.82. The van der Waals surface area contributed by atoms with Gasteiger partial charge < -0.3 is 9.73 Å². The van der Waals surface area contributed by atoms with Gasteiger partial charge in [-0.05, 0) is 45.2 Å². The Hall–Kier alpha value is -1.92. The Morgan fingerprint density at radius 3 is 2.74 bits per heavy atom. The smallest absolute Gasteiger partial charge is 0.263 e. The van der Waals surface area contributed by atoms with E-state index in [0.29, 0.717) is 4.88 Å². The summed E-state index contributed by atoms with van der Waals surface area (Å²) in [6, 6.07) is 5.87. The van der Waals surface area contributed by atoms with E-state index < -0.39 is 0 Å². The summed E-state index contributed by atoms with van der Waals surface area (Å²) in [6.45, 7) is 7.66. The number of hydrogen-bond donors (Lipinski definition) is 1. The van der Waals surface area contributed by atoms with Crippen LogP contribution in [0, 0.1) is 20.8 Å². The third-order valence-electron chi connectivity index (χ3n) is 3.63. The maximum atomic E-state index is 12.6. The molecule has 0 radical (unpaired) electrons. The molecule has 0 aliphatic heterocycles. The average molecular weight is 346 g/mol. The van der Waals surface area contributed by atoms with Crippen molar-refractivity contribution in [2.75, 3.05) is 0 Å². The molecule has 0 saturated heterocycles. The molecule has 0 spiro atoms. The van der Waals surface area contributed by atoms with Crippen molar-refractivity contribution < 1.29 is 9.21 Å². The summed E-state index contributed by atoms with van der Waals surface area (Å²) >= 11 is 3.06. The summed E-state index contributed by atoms with van der Waals surface area (Å²) in [5.74, 6) is 1.61. The zero-order valence-electron chi connectivity index (χ0n) is 13.5. The first-order valence-corrected chi connectivity index (χ1v) is 9.04. The lowest BCUT2D eigenvalue weighted by atomic mass is 10.1. The van der Waals surface area contributed by atoms with E-state index in [1.807, 2.05) is 51.3 Å². The normalized spacial score (nSPS) is 12.3. The van der Waals surface area contributed by atoms with E-state index in [4.69, 9.17) is 4.42 Å². The zero-order valence-corrected chi connectivity index (χ0v) is 15.1. The third kappa shape index (κ3) is 3.23. The van der Waals surface area contributed by atoms with Gasteiger partial charge in [-0.25, -0.2) is 4.98 Å². The molecule has 120 valence electrons. The van der Waals surface area contributed by atoms with Gasteiger partial charge in [-0.1, -0.05) is 6.07 Å². The molecule has 1 atom stereocenters. The monoisotopic (exact) mass is 346 g/mol. The predicted molar refractivity (Wildman–Crippen MR) is 94.2 cm³/mol. The van der Waals surface area contributed by atoms with E-state index in [-0.39, 0.29) is 11.9 Å². The fourth-order valence-electron chi connectivity index (χ4n) is 2.53. The van der Waals surface area contributed by atoms with Gasteiger partial charge in [0, 0.05) is 5.56 Å². The molecule has 1 amide bonds. The molecule has 1 N–H and O–H groups in total. The number of nitrogens with zero attached hydrogens (tertiary/aromatic N) is 1. The summed E-state index contributed by atoms with van der Waals surface area (Å²) < 4.78 is 5.54. The van der Waals surface area contributed by atoms with Crippen molar-refractivity contribution in [3.05, 3.63) is 51.2 Å². The first kappa shape index (κ1) is 16.0. The predicted octanol–water partition coefficient (Wildman–Crippen LogP) is 4.88. The molecule has 0 aliphatic rings. The Balaban J connectivity index is 1.80. The van der Waals surface area contributed by atoms with Crippen LogP contribution in [-0.2, 0) is 0 Å². The van der Waals surface area contributed by atoms with E-state index in [1.54, 1.807) is 11.3 Å². The van der Waals surface area contributed by atoms with Crippen LogP contribution < -0.4 is 5.32 Å². The topological polar surface area (TPSA) is 55.1 Å². The second kappa shape index (κ2) is 6.29. The molecular weight excluding hydrogens is 328 g/mol. The number of aryl methyl sites for hydroxylation is 3. The fraction of sp³-hybridized carbons (Fsp3) is 0.294. The van der Waals surface area contributed by atoms with Crippen molar-refractivity contribution in [3.8, 4) is 9.88 Å². The van der Waals surface area contributed by atoms with Crippen LogP contribution in [0.25, 0.3) is 9.88 Å². The lowest BCUT2D eigenvalue weighted by Gasteiger charge is -2.12. The highest BCUT2D eigenvalue weighted by atomic mass is 32.1. The Kier molecular flexibility index (Phi) is 4.37. The number of amides is 1. The molecule has 0 aliphatic carbocycles. The van der Waals surface area contributed by atoms with E-state index in [0.717, 1.165) is 32.7 Å². The van der Waals surface area contributed by atoms with Crippen LogP contribution in [0.15, 0.2) is 28.0 Å².